The molecule has 0 radical (unpaired) electrons. The highest BCUT2D eigenvalue weighted by Crippen LogP contribution is 2.22. The van der Waals surface area contributed by atoms with Crippen LogP contribution in [0.25, 0.3) is 0 Å². The van der Waals surface area contributed by atoms with E-state index < -0.39 is 0 Å². The molecule has 1 fully saturated rings. The summed E-state index contributed by atoms with van der Waals surface area (Å²) in [5.41, 5.74) is 2.52. The van der Waals surface area contributed by atoms with E-state index in [0.717, 1.165) is 48.9 Å². The van der Waals surface area contributed by atoms with Gasteiger partial charge in [-0.25, -0.2) is 0 Å². The molecule has 0 bridgehead atoms. The maximum absolute atomic E-state index is 12.8. The van der Waals surface area contributed by atoms with Gasteiger partial charge in [-0.1, -0.05) is 18.2 Å². The van der Waals surface area contributed by atoms with Gasteiger partial charge in [0.1, 0.15) is 6.07 Å². The number of nitrogens with one attached hydrogen (secondary N) is 1. The maximum Gasteiger partial charge on any atom is 0.241 e. The Balaban J connectivity index is 1.63. The van der Waals surface area contributed by atoms with Gasteiger partial charge in [-0.2, -0.15) is 5.26 Å². The molecule has 2 aromatic rings. The zero-order valence-corrected chi connectivity index (χ0v) is 17.2. The van der Waals surface area contributed by atoms with Crippen LogP contribution >= 0.6 is 11.8 Å². The number of thioether (sulfide) groups is 1. The Hall–Kier alpha value is -2.49. The van der Waals surface area contributed by atoms with Crippen LogP contribution in [0.3, 0.4) is 0 Å². The normalized spacial score (nSPS) is 16.1. The summed E-state index contributed by atoms with van der Waals surface area (Å²) in [5.74, 6) is 0.0177. The smallest absolute Gasteiger partial charge is 0.241 e. The van der Waals surface area contributed by atoms with Crippen LogP contribution in [0.2, 0.25) is 0 Å². The number of rotatable bonds is 5. The molecule has 6 heteroatoms. The zero-order valence-electron chi connectivity index (χ0n) is 16.4. The molecule has 146 valence electrons. The topological polar surface area (TPSA) is 59.4 Å². The number of carbonyl (C=O) groups excluding carboxylic acids is 1. The van der Waals surface area contributed by atoms with Crippen molar-refractivity contribution in [2.24, 2.45) is 0 Å². The molecule has 0 unspecified atom stereocenters. The minimum atomic E-state index is -0.205. The van der Waals surface area contributed by atoms with Gasteiger partial charge in [0.2, 0.25) is 5.91 Å². The second-order valence-electron chi connectivity index (χ2n) is 6.90. The third kappa shape index (κ3) is 4.86. The van der Waals surface area contributed by atoms with Gasteiger partial charge in [0.25, 0.3) is 0 Å². The van der Waals surface area contributed by atoms with E-state index in [-0.39, 0.29) is 11.9 Å². The van der Waals surface area contributed by atoms with E-state index in [1.165, 1.54) is 0 Å². The molecule has 1 heterocycles. The number of nitrogens with zero attached hydrogens (tertiary/aromatic N) is 3. The maximum atomic E-state index is 12.8. The molecule has 1 saturated heterocycles. The third-order valence-electron chi connectivity index (χ3n) is 5.16. The van der Waals surface area contributed by atoms with Crippen LogP contribution in [0.5, 0.6) is 0 Å². The second kappa shape index (κ2) is 9.63. The lowest BCUT2D eigenvalue weighted by Crippen LogP contribution is -2.44. The summed E-state index contributed by atoms with van der Waals surface area (Å²) < 4.78 is 0. The van der Waals surface area contributed by atoms with Crippen LogP contribution in [-0.4, -0.2) is 49.3 Å². The molecule has 1 atom stereocenters. The first kappa shape index (κ1) is 20.2. The van der Waals surface area contributed by atoms with Crippen molar-refractivity contribution in [1.29, 1.82) is 5.26 Å². The average molecular weight is 395 g/mol. The number of amides is 1. The molecular formula is C22H26N4OS. The van der Waals surface area contributed by atoms with E-state index in [1.54, 1.807) is 11.8 Å². The predicted molar refractivity (Wildman–Crippen MR) is 116 cm³/mol. The molecule has 5 nitrogen and oxygen atoms in total. The Labute approximate surface area is 171 Å². The van der Waals surface area contributed by atoms with Crippen LogP contribution in [0.4, 0.5) is 11.4 Å². The number of nitriles is 1. The second-order valence-corrected chi connectivity index (χ2v) is 7.78. The molecule has 28 heavy (non-hydrogen) atoms. The number of benzene rings is 2. The van der Waals surface area contributed by atoms with Crippen molar-refractivity contribution >= 4 is 29.0 Å². The highest BCUT2D eigenvalue weighted by Gasteiger charge is 2.25. The fourth-order valence-electron chi connectivity index (χ4n) is 3.52. The largest absolute Gasteiger partial charge is 0.369 e. The molecule has 3 rings (SSSR count). The van der Waals surface area contributed by atoms with Crippen molar-refractivity contribution in [3.8, 4) is 6.07 Å². The van der Waals surface area contributed by atoms with Gasteiger partial charge in [0.15, 0.2) is 0 Å². The molecule has 0 aliphatic carbocycles. The number of anilines is 2. The predicted octanol–water partition coefficient (Wildman–Crippen LogP) is 3.82. The Morgan fingerprint density at radius 2 is 1.96 bits per heavy atom. The molecule has 2 aromatic carbocycles. The van der Waals surface area contributed by atoms with E-state index in [0.29, 0.717) is 5.56 Å². The van der Waals surface area contributed by atoms with E-state index in [9.17, 15) is 10.1 Å². The molecule has 1 amide bonds. The van der Waals surface area contributed by atoms with Crippen molar-refractivity contribution in [2.45, 2.75) is 24.3 Å². The SMILES string of the molecule is CSc1cccc(NC(=O)[C@@H](C)N2CCCN(c3ccccc3C#N)CC2)c1. The van der Waals surface area contributed by atoms with Gasteiger partial charge in [-0.05, 0) is 49.9 Å². The summed E-state index contributed by atoms with van der Waals surface area (Å²) in [4.78, 5) is 18.4. The quantitative estimate of drug-likeness (QED) is 0.781. The molecule has 0 aromatic heterocycles. The van der Waals surface area contributed by atoms with E-state index >= 15 is 0 Å². The highest BCUT2D eigenvalue weighted by molar-refractivity contribution is 7.98. The minimum Gasteiger partial charge on any atom is -0.369 e. The van der Waals surface area contributed by atoms with E-state index in [2.05, 4.69) is 21.2 Å². The number of carbonyl (C=O) groups is 1. The van der Waals surface area contributed by atoms with Gasteiger partial charge in [0, 0.05) is 36.8 Å². The number of hydrogen-bond donors (Lipinski definition) is 1. The lowest BCUT2D eigenvalue weighted by molar-refractivity contribution is -0.120. The Kier molecular flexibility index (Phi) is 6.96. The summed E-state index contributed by atoms with van der Waals surface area (Å²) in [6.45, 7) is 5.31. The first-order valence-electron chi connectivity index (χ1n) is 9.55. The summed E-state index contributed by atoms with van der Waals surface area (Å²) in [6.07, 6.45) is 2.98. The molecular weight excluding hydrogens is 368 g/mol. The van der Waals surface area contributed by atoms with Gasteiger partial charge in [-0.3, -0.25) is 9.69 Å². The van der Waals surface area contributed by atoms with Crippen molar-refractivity contribution in [3.05, 3.63) is 54.1 Å². The summed E-state index contributed by atoms with van der Waals surface area (Å²) >= 11 is 1.66. The van der Waals surface area contributed by atoms with Crippen LogP contribution in [-0.2, 0) is 4.79 Å². The monoisotopic (exact) mass is 394 g/mol. The fourth-order valence-corrected chi connectivity index (χ4v) is 3.98. The molecule has 0 saturated carbocycles. The van der Waals surface area contributed by atoms with E-state index in [4.69, 9.17) is 0 Å². The Morgan fingerprint density at radius 1 is 1.14 bits per heavy atom. The zero-order chi connectivity index (χ0) is 19.9. The Bertz CT molecular complexity index is 864. The standard InChI is InChI=1S/C22H26N4OS/c1-17(22(27)24-19-8-5-9-20(15-19)28-2)25-11-6-12-26(14-13-25)21-10-4-3-7-18(21)16-23/h3-5,7-10,15,17H,6,11-14H2,1-2H3,(H,24,27)/t17-/m1/s1. The summed E-state index contributed by atoms with van der Waals surface area (Å²) in [5, 5.41) is 12.4. The van der Waals surface area contributed by atoms with Gasteiger partial charge < -0.3 is 10.2 Å². The van der Waals surface area contributed by atoms with E-state index in [1.807, 2.05) is 61.7 Å². The summed E-state index contributed by atoms with van der Waals surface area (Å²) in [6, 6.07) is 17.7. The minimum absolute atomic E-state index is 0.0177. The molecule has 0 spiro atoms. The van der Waals surface area contributed by atoms with Gasteiger partial charge >= 0.3 is 0 Å². The number of hydrogen-bond acceptors (Lipinski definition) is 5. The molecule has 1 aliphatic heterocycles. The van der Waals surface area contributed by atoms with Crippen molar-refractivity contribution in [1.82, 2.24) is 4.90 Å². The van der Waals surface area contributed by atoms with Crippen LogP contribution in [0, 0.1) is 11.3 Å². The van der Waals surface area contributed by atoms with Crippen LogP contribution in [0.1, 0.15) is 18.9 Å². The van der Waals surface area contributed by atoms with Crippen LogP contribution in [0.15, 0.2) is 53.4 Å². The lowest BCUT2D eigenvalue weighted by atomic mass is 10.1. The first-order valence-corrected chi connectivity index (χ1v) is 10.8. The molecule has 1 N–H and O–H groups in total. The highest BCUT2D eigenvalue weighted by atomic mass is 32.2. The fraction of sp³-hybridized carbons (Fsp3) is 0.364. The van der Waals surface area contributed by atoms with Crippen molar-refractivity contribution < 1.29 is 4.79 Å². The van der Waals surface area contributed by atoms with Crippen molar-refractivity contribution in [3.63, 3.8) is 0 Å². The van der Waals surface area contributed by atoms with Gasteiger partial charge in [0.05, 0.1) is 17.3 Å². The number of para-hydroxylation sites is 1. The van der Waals surface area contributed by atoms with Gasteiger partial charge in [-0.15, -0.1) is 11.8 Å². The lowest BCUT2D eigenvalue weighted by Gasteiger charge is -2.27. The molecule has 1 aliphatic rings. The van der Waals surface area contributed by atoms with Crippen molar-refractivity contribution in [2.75, 3.05) is 42.7 Å². The average Bonchev–Trinajstić information content (AvgIpc) is 2.99. The van der Waals surface area contributed by atoms with Crippen LogP contribution < -0.4 is 10.2 Å². The third-order valence-corrected chi connectivity index (χ3v) is 5.89. The summed E-state index contributed by atoms with van der Waals surface area (Å²) in [7, 11) is 0. The Morgan fingerprint density at radius 3 is 2.75 bits per heavy atom. The first-order chi connectivity index (χ1) is 13.6.